The van der Waals surface area contributed by atoms with Gasteiger partial charge in [0, 0.05) is 11.1 Å². The first-order valence-electron chi connectivity index (χ1n) is 6.61. The fraction of sp³-hybridized carbons (Fsp3) is 0.0588. The van der Waals surface area contributed by atoms with Crippen molar-refractivity contribution in [2.45, 2.75) is 0 Å². The van der Waals surface area contributed by atoms with Gasteiger partial charge >= 0.3 is 0 Å². The highest BCUT2D eigenvalue weighted by molar-refractivity contribution is 5.69. The van der Waals surface area contributed by atoms with E-state index in [0.717, 1.165) is 11.3 Å². The topological polar surface area (TPSA) is 61.7 Å². The molecule has 0 fully saturated rings. The quantitative estimate of drug-likeness (QED) is 0.799. The van der Waals surface area contributed by atoms with Crippen LogP contribution >= 0.6 is 0 Å². The zero-order valence-electron chi connectivity index (χ0n) is 11.8. The molecule has 0 saturated heterocycles. The van der Waals surface area contributed by atoms with Crippen LogP contribution in [0.25, 0.3) is 22.5 Å². The van der Waals surface area contributed by atoms with Crippen LogP contribution in [0.2, 0.25) is 0 Å². The lowest BCUT2D eigenvalue weighted by atomic mass is 10.1. The molecule has 0 atom stereocenters. The Balaban J connectivity index is 1.99. The summed E-state index contributed by atoms with van der Waals surface area (Å²) >= 11 is 0. The highest BCUT2D eigenvalue weighted by Crippen LogP contribution is 2.27. The van der Waals surface area contributed by atoms with E-state index in [4.69, 9.17) is 10.00 Å². The molecule has 4 nitrogen and oxygen atoms in total. The van der Waals surface area contributed by atoms with E-state index in [9.17, 15) is 4.39 Å². The van der Waals surface area contributed by atoms with Crippen molar-refractivity contribution in [2.24, 2.45) is 0 Å². The summed E-state index contributed by atoms with van der Waals surface area (Å²) in [6, 6.07) is 15.5. The Hall–Kier alpha value is -3.13. The summed E-state index contributed by atoms with van der Waals surface area (Å²) in [5.74, 6) is 0.270. The number of benzene rings is 2. The fourth-order valence-electron chi connectivity index (χ4n) is 2.19. The number of methoxy groups -OCH3 is 1. The molecule has 108 valence electrons. The summed E-state index contributed by atoms with van der Waals surface area (Å²) in [6.07, 6.45) is 0. The van der Waals surface area contributed by atoms with Crippen LogP contribution in [-0.4, -0.2) is 17.3 Å². The Bertz CT molecular complexity index is 864. The van der Waals surface area contributed by atoms with Crippen molar-refractivity contribution in [1.29, 1.82) is 5.26 Å². The third kappa shape index (κ3) is 2.54. The lowest BCUT2D eigenvalue weighted by Crippen LogP contribution is -1.86. The molecular weight excluding hydrogens is 281 g/mol. The second kappa shape index (κ2) is 5.70. The van der Waals surface area contributed by atoms with E-state index in [0.29, 0.717) is 17.0 Å². The molecule has 0 aliphatic rings. The van der Waals surface area contributed by atoms with Crippen molar-refractivity contribution < 1.29 is 9.13 Å². The molecule has 2 aromatic carbocycles. The van der Waals surface area contributed by atoms with Crippen LogP contribution in [0.15, 0.2) is 48.5 Å². The summed E-state index contributed by atoms with van der Waals surface area (Å²) in [7, 11) is 1.60. The van der Waals surface area contributed by atoms with E-state index >= 15 is 0 Å². The van der Waals surface area contributed by atoms with Gasteiger partial charge in [-0.15, -0.1) is 0 Å². The first-order valence-corrected chi connectivity index (χ1v) is 6.61. The van der Waals surface area contributed by atoms with Crippen molar-refractivity contribution in [3.8, 4) is 34.3 Å². The van der Waals surface area contributed by atoms with Gasteiger partial charge in [-0.1, -0.05) is 12.1 Å². The number of rotatable bonds is 3. The molecule has 0 aliphatic carbocycles. The third-order valence-electron chi connectivity index (χ3n) is 3.33. The Labute approximate surface area is 126 Å². The summed E-state index contributed by atoms with van der Waals surface area (Å²) in [4.78, 5) is 0. The number of H-pyrrole nitrogens is 1. The minimum Gasteiger partial charge on any atom is -0.497 e. The van der Waals surface area contributed by atoms with Gasteiger partial charge in [-0.25, -0.2) is 4.39 Å². The molecule has 0 saturated carbocycles. The molecule has 0 radical (unpaired) electrons. The Morgan fingerprint density at radius 3 is 2.77 bits per heavy atom. The molecule has 3 aromatic rings. The number of aromatic nitrogens is 2. The molecule has 0 unspecified atom stereocenters. The van der Waals surface area contributed by atoms with Crippen LogP contribution in [0.1, 0.15) is 5.56 Å². The van der Waals surface area contributed by atoms with Crippen molar-refractivity contribution in [1.82, 2.24) is 10.2 Å². The lowest BCUT2D eigenvalue weighted by molar-refractivity contribution is 0.415. The number of halogens is 1. The molecule has 0 bridgehead atoms. The highest BCUT2D eigenvalue weighted by atomic mass is 19.1. The minimum atomic E-state index is -0.458. The van der Waals surface area contributed by atoms with Crippen LogP contribution in [0.3, 0.4) is 0 Å². The maximum Gasteiger partial charge on any atom is 0.133 e. The first kappa shape index (κ1) is 13.8. The number of nitriles is 1. The van der Waals surface area contributed by atoms with Gasteiger partial charge in [-0.2, -0.15) is 10.4 Å². The molecule has 1 heterocycles. The van der Waals surface area contributed by atoms with E-state index in [1.54, 1.807) is 25.3 Å². The van der Waals surface area contributed by atoms with Crippen LogP contribution < -0.4 is 4.74 Å². The number of ether oxygens (including phenoxy) is 1. The van der Waals surface area contributed by atoms with E-state index in [1.165, 1.54) is 6.07 Å². The molecule has 22 heavy (non-hydrogen) atoms. The Morgan fingerprint density at radius 1 is 1.18 bits per heavy atom. The monoisotopic (exact) mass is 293 g/mol. The molecule has 1 N–H and O–H groups in total. The van der Waals surface area contributed by atoms with Crippen molar-refractivity contribution >= 4 is 0 Å². The van der Waals surface area contributed by atoms with Crippen LogP contribution in [0.5, 0.6) is 5.75 Å². The number of hydrogen-bond donors (Lipinski definition) is 1. The van der Waals surface area contributed by atoms with Gasteiger partial charge in [0.25, 0.3) is 0 Å². The van der Waals surface area contributed by atoms with Gasteiger partial charge in [0.05, 0.1) is 30.1 Å². The zero-order chi connectivity index (χ0) is 15.5. The number of hydrogen-bond acceptors (Lipinski definition) is 3. The van der Waals surface area contributed by atoms with Crippen LogP contribution in [-0.2, 0) is 0 Å². The average Bonchev–Trinajstić information content (AvgIpc) is 3.04. The number of nitrogens with zero attached hydrogens (tertiary/aromatic N) is 2. The smallest absolute Gasteiger partial charge is 0.133 e. The van der Waals surface area contributed by atoms with Gasteiger partial charge in [0.15, 0.2) is 0 Å². The molecule has 0 aliphatic heterocycles. The van der Waals surface area contributed by atoms with E-state index in [1.807, 2.05) is 30.3 Å². The minimum absolute atomic E-state index is 0.286. The third-order valence-corrected chi connectivity index (χ3v) is 3.33. The number of aromatic amines is 1. The largest absolute Gasteiger partial charge is 0.497 e. The van der Waals surface area contributed by atoms with Crippen molar-refractivity contribution in [3.63, 3.8) is 0 Å². The second-order valence-corrected chi connectivity index (χ2v) is 4.71. The summed E-state index contributed by atoms with van der Waals surface area (Å²) in [6.45, 7) is 0. The molecule has 0 amide bonds. The standard InChI is InChI=1S/C17H12FN3O/c1-22-13-4-2-3-12(8-13)16-9-17(21-20-16)14-6-5-11(10-19)7-15(14)18/h2-9H,1H3,(H,20,21). The lowest BCUT2D eigenvalue weighted by Gasteiger charge is -2.01. The predicted octanol–water partition coefficient (Wildman–Crippen LogP) is 3.76. The van der Waals surface area contributed by atoms with E-state index in [2.05, 4.69) is 10.2 Å². The van der Waals surface area contributed by atoms with E-state index < -0.39 is 5.82 Å². The molecule has 3 rings (SSSR count). The van der Waals surface area contributed by atoms with Crippen LogP contribution in [0, 0.1) is 17.1 Å². The first-order chi connectivity index (χ1) is 10.7. The van der Waals surface area contributed by atoms with Crippen LogP contribution in [0.4, 0.5) is 4.39 Å². The molecule has 5 heteroatoms. The highest BCUT2D eigenvalue weighted by Gasteiger charge is 2.11. The second-order valence-electron chi connectivity index (χ2n) is 4.71. The van der Waals surface area contributed by atoms with E-state index in [-0.39, 0.29) is 5.56 Å². The van der Waals surface area contributed by atoms with Gasteiger partial charge in [0.1, 0.15) is 11.6 Å². The average molecular weight is 293 g/mol. The predicted molar refractivity (Wildman–Crippen MR) is 80.7 cm³/mol. The molecule has 1 aromatic heterocycles. The molecular formula is C17H12FN3O. The van der Waals surface area contributed by atoms with Gasteiger partial charge < -0.3 is 4.74 Å². The maximum atomic E-state index is 14.0. The van der Waals surface area contributed by atoms with Gasteiger partial charge in [-0.3, -0.25) is 5.10 Å². The maximum absolute atomic E-state index is 14.0. The summed E-state index contributed by atoms with van der Waals surface area (Å²) in [5, 5.41) is 15.8. The SMILES string of the molecule is COc1cccc(-c2cc(-c3ccc(C#N)cc3F)[nH]n2)c1. The number of nitrogens with one attached hydrogen (secondary N) is 1. The summed E-state index contributed by atoms with van der Waals surface area (Å²) < 4.78 is 19.2. The Morgan fingerprint density at radius 2 is 2.05 bits per heavy atom. The normalized spacial score (nSPS) is 10.2. The Kier molecular flexibility index (Phi) is 3.58. The molecule has 0 spiro atoms. The zero-order valence-corrected chi connectivity index (χ0v) is 11.8. The van der Waals surface area contributed by atoms with Crippen molar-refractivity contribution in [3.05, 3.63) is 59.9 Å². The summed E-state index contributed by atoms with van der Waals surface area (Å²) in [5.41, 5.74) is 2.78. The van der Waals surface area contributed by atoms with Crippen molar-refractivity contribution in [2.75, 3.05) is 7.11 Å². The fourth-order valence-corrected chi connectivity index (χ4v) is 2.19. The van der Waals surface area contributed by atoms with Gasteiger partial charge in [0.2, 0.25) is 0 Å². The van der Waals surface area contributed by atoms with Gasteiger partial charge in [-0.05, 0) is 36.4 Å².